The monoisotopic (exact) mass is 209 g/mol. The SMILES string of the molecule is CN1CCC2(CC1)CC(CC(C)(C)C)C2. The van der Waals surface area contributed by atoms with Gasteiger partial charge in [-0.05, 0) is 69.0 Å². The molecule has 0 radical (unpaired) electrons. The van der Waals surface area contributed by atoms with Crippen LogP contribution in [-0.2, 0) is 0 Å². The van der Waals surface area contributed by atoms with Gasteiger partial charge in [-0.25, -0.2) is 0 Å². The number of likely N-dealkylation sites (tertiary alicyclic amines) is 1. The van der Waals surface area contributed by atoms with E-state index in [1.165, 1.54) is 45.2 Å². The van der Waals surface area contributed by atoms with Crippen LogP contribution in [0.4, 0.5) is 0 Å². The Labute approximate surface area is 95.2 Å². The molecule has 1 heterocycles. The van der Waals surface area contributed by atoms with Crippen LogP contribution in [0.3, 0.4) is 0 Å². The van der Waals surface area contributed by atoms with Gasteiger partial charge in [0.2, 0.25) is 0 Å². The Morgan fingerprint density at radius 2 is 1.67 bits per heavy atom. The molecule has 1 heteroatoms. The Hall–Kier alpha value is -0.0400. The topological polar surface area (TPSA) is 3.24 Å². The van der Waals surface area contributed by atoms with Crippen molar-refractivity contribution in [3.63, 3.8) is 0 Å². The first-order valence-corrected chi connectivity index (χ1v) is 6.57. The lowest BCUT2D eigenvalue weighted by Crippen LogP contribution is -2.46. The van der Waals surface area contributed by atoms with Crippen molar-refractivity contribution in [3.05, 3.63) is 0 Å². The molecule has 1 aliphatic carbocycles. The van der Waals surface area contributed by atoms with Crippen LogP contribution in [0, 0.1) is 16.7 Å². The number of rotatable bonds is 1. The van der Waals surface area contributed by atoms with E-state index in [0.29, 0.717) is 5.41 Å². The van der Waals surface area contributed by atoms with Crippen LogP contribution in [0.5, 0.6) is 0 Å². The molecule has 1 saturated heterocycles. The van der Waals surface area contributed by atoms with E-state index in [1.54, 1.807) is 0 Å². The van der Waals surface area contributed by atoms with Crippen LogP contribution < -0.4 is 0 Å². The molecule has 0 N–H and O–H groups in total. The highest BCUT2D eigenvalue weighted by atomic mass is 15.1. The summed E-state index contributed by atoms with van der Waals surface area (Å²) < 4.78 is 0. The highest BCUT2D eigenvalue weighted by Crippen LogP contribution is 2.55. The van der Waals surface area contributed by atoms with Gasteiger partial charge in [0, 0.05) is 0 Å². The van der Waals surface area contributed by atoms with Crippen molar-refractivity contribution in [2.45, 2.75) is 52.9 Å². The average Bonchev–Trinajstić information content (AvgIpc) is 2.04. The molecule has 1 spiro atoms. The largest absolute Gasteiger partial charge is 0.306 e. The highest BCUT2D eigenvalue weighted by molar-refractivity contribution is 4.97. The normalized spacial score (nSPS) is 28.0. The van der Waals surface area contributed by atoms with Crippen LogP contribution in [-0.4, -0.2) is 25.0 Å². The van der Waals surface area contributed by atoms with Crippen LogP contribution in [0.25, 0.3) is 0 Å². The van der Waals surface area contributed by atoms with Crippen molar-refractivity contribution in [1.29, 1.82) is 0 Å². The van der Waals surface area contributed by atoms with Crippen molar-refractivity contribution in [3.8, 4) is 0 Å². The Kier molecular flexibility index (Phi) is 2.87. The van der Waals surface area contributed by atoms with E-state index in [0.717, 1.165) is 11.3 Å². The summed E-state index contributed by atoms with van der Waals surface area (Å²) in [6.45, 7) is 9.82. The highest BCUT2D eigenvalue weighted by Gasteiger charge is 2.45. The average molecular weight is 209 g/mol. The molecule has 2 fully saturated rings. The van der Waals surface area contributed by atoms with Gasteiger partial charge in [-0.15, -0.1) is 0 Å². The van der Waals surface area contributed by atoms with Crippen LogP contribution in [0.1, 0.15) is 52.9 Å². The van der Waals surface area contributed by atoms with Gasteiger partial charge in [-0.1, -0.05) is 20.8 Å². The summed E-state index contributed by atoms with van der Waals surface area (Å²) in [6.07, 6.45) is 7.41. The zero-order chi connectivity index (χ0) is 11.1. The zero-order valence-electron chi connectivity index (χ0n) is 11.0. The minimum absolute atomic E-state index is 0.539. The molecule has 2 rings (SSSR count). The van der Waals surface area contributed by atoms with Crippen molar-refractivity contribution >= 4 is 0 Å². The van der Waals surface area contributed by atoms with E-state index >= 15 is 0 Å². The quantitative estimate of drug-likeness (QED) is 0.638. The van der Waals surface area contributed by atoms with Crippen LogP contribution >= 0.6 is 0 Å². The fraction of sp³-hybridized carbons (Fsp3) is 1.00. The Balaban J connectivity index is 1.77. The standard InChI is InChI=1S/C14H27N/c1-13(2,3)9-12-10-14(11-12)5-7-15(4)8-6-14/h12H,5-11H2,1-4H3. The van der Waals surface area contributed by atoms with E-state index in [4.69, 9.17) is 0 Å². The number of nitrogens with zero attached hydrogens (tertiary/aromatic N) is 1. The predicted molar refractivity (Wildman–Crippen MR) is 66.0 cm³/mol. The molecule has 0 aromatic rings. The Morgan fingerprint density at radius 1 is 1.13 bits per heavy atom. The lowest BCUT2D eigenvalue weighted by atomic mass is 9.55. The molecule has 0 bridgehead atoms. The third-order valence-corrected chi connectivity index (χ3v) is 4.39. The lowest BCUT2D eigenvalue weighted by molar-refractivity contribution is -0.0220. The van der Waals surface area contributed by atoms with E-state index in [2.05, 4.69) is 32.7 Å². The smallest absolute Gasteiger partial charge is 0.00165 e. The predicted octanol–water partition coefficient (Wildman–Crippen LogP) is 3.54. The van der Waals surface area contributed by atoms with E-state index < -0.39 is 0 Å². The van der Waals surface area contributed by atoms with Crippen LogP contribution in [0.15, 0.2) is 0 Å². The number of hydrogen-bond donors (Lipinski definition) is 0. The molecular weight excluding hydrogens is 182 g/mol. The molecule has 0 aromatic heterocycles. The first kappa shape index (κ1) is 11.4. The van der Waals surface area contributed by atoms with Gasteiger partial charge in [-0.3, -0.25) is 0 Å². The van der Waals surface area contributed by atoms with Crippen molar-refractivity contribution in [2.75, 3.05) is 20.1 Å². The van der Waals surface area contributed by atoms with Gasteiger partial charge < -0.3 is 4.90 Å². The van der Waals surface area contributed by atoms with Gasteiger partial charge in [0.15, 0.2) is 0 Å². The Bertz CT molecular complexity index is 210. The first-order chi connectivity index (χ1) is 6.89. The molecule has 1 nitrogen and oxygen atoms in total. The fourth-order valence-corrected chi connectivity index (χ4v) is 3.68. The lowest BCUT2D eigenvalue weighted by Gasteiger charge is -2.53. The van der Waals surface area contributed by atoms with Crippen molar-refractivity contribution < 1.29 is 0 Å². The summed E-state index contributed by atoms with van der Waals surface area (Å²) in [5, 5.41) is 0. The maximum Gasteiger partial charge on any atom is -0.00165 e. The second-order valence-electron chi connectivity index (χ2n) is 7.34. The van der Waals surface area contributed by atoms with Gasteiger partial charge in [0.1, 0.15) is 0 Å². The molecule has 0 atom stereocenters. The van der Waals surface area contributed by atoms with E-state index in [1.807, 2.05) is 0 Å². The van der Waals surface area contributed by atoms with Gasteiger partial charge >= 0.3 is 0 Å². The summed E-state index contributed by atoms with van der Waals surface area (Å²) in [7, 11) is 2.26. The molecule has 2 aliphatic rings. The summed E-state index contributed by atoms with van der Waals surface area (Å²) in [5.41, 5.74) is 1.32. The van der Waals surface area contributed by atoms with Crippen LogP contribution in [0.2, 0.25) is 0 Å². The minimum atomic E-state index is 0.539. The number of piperidine rings is 1. The van der Waals surface area contributed by atoms with Gasteiger partial charge in [0.25, 0.3) is 0 Å². The van der Waals surface area contributed by atoms with E-state index in [-0.39, 0.29) is 0 Å². The molecule has 15 heavy (non-hydrogen) atoms. The van der Waals surface area contributed by atoms with Gasteiger partial charge in [0.05, 0.1) is 0 Å². The summed E-state index contributed by atoms with van der Waals surface area (Å²) in [4.78, 5) is 2.49. The molecule has 1 saturated carbocycles. The Morgan fingerprint density at radius 3 is 2.13 bits per heavy atom. The molecule has 1 aliphatic heterocycles. The van der Waals surface area contributed by atoms with Crippen molar-refractivity contribution in [1.82, 2.24) is 4.90 Å². The maximum absolute atomic E-state index is 2.49. The third-order valence-electron chi connectivity index (χ3n) is 4.39. The summed E-state index contributed by atoms with van der Waals surface area (Å²) in [5.74, 6) is 1.04. The molecule has 0 amide bonds. The van der Waals surface area contributed by atoms with Gasteiger partial charge in [-0.2, -0.15) is 0 Å². The second-order valence-corrected chi connectivity index (χ2v) is 7.34. The van der Waals surface area contributed by atoms with Crippen molar-refractivity contribution in [2.24, 2.45) is 16.7 Å². The minimum Gasteiger partial charge on any atom is -0.306 e. The summed E-state index contributed by atoms with van der Waals surface area (Å²) >= 11 is 0. The zero-order valence-corrected chi connectivity index (χ0v) is 11.0. The maximum atomic E-state index is 2.49. The fourth-order valence-electron chi connectivity index (χ4n) is 3.68. The molecule has 0 unspecified atom stereocenters. The first-order valence-electron chi connectivity index (χ1n) is 6.57. The second kappa shape index (κ2) is 3.76. The molecule has 88 valence electrons. The number of hydrogen-bond acceptors (Lipinski definition) is 1. The summed E-state index contributed by atoms with van der Waals surface area (Å²) in [6, 6.07) is 0. The van der Waals surface area contributed by atoms with E-state index in [9.17, 15) is 0 Å². The molecular formula is C14H27N. The molecule has 0 aromatic carbocycles. The third kappa shape index (κ3) is 2.75.